The van der Waals surface area contributed by atoms with Crippen molar-refractivity contribution in [2.24, 2.45) is 0 Å². The molecule has 226 valence electrons. The van der Waals surface area contributed by atoms with Crippen LogP contribution in [-0.2, 0) is 28.2 Å². The molecule has 0 bridgehead atoms. The number of unbranched alkanes of at least 4 members (excludes halogenated alkanes) is 6. The van der Waals surface area contributed by atoms with Gasteiger partial charge in [-0.3, -0.25) is 14.1 Å². The minimum absolute atomic E-state index is 0.106. The highest BCUT2D eigenvalue weighted by Gasteiger charge is 2.22. The van der Waals surface area contributed by atoms with E-state index >= 15 is 0 Å². The van der Waals surface area contributed by atoms with Gasteiger partial charge in [0, 0.05) is 12.8 Å². The number of phosphoric ester groups is 1. The zero-order valence-electron chi connectivity index (χ0n) is 24.2. The molecule has 0 aromatic rings. The van der Waals surface area contributed by atoms with Gasteiger partial charge in [0.25, 0.3) is 0 Å². The molecule has 40 heavy (non-hydrogen) atoms. The van der Waals surface area contributed by atoms with E-state index < -0.39 is 32.5 Å². The third-order valence-electron chi connectivity index (χ3n) is 5.34. The molecule has 0 aliphatic heterocycles. The van der Waals surface area contributed by atoms with E-state index in [1.807, 2.05) is 54.7 Å². The zero-order chi connectivity index (χ0) is 29.7. The summed E-state index contributed by atoms with van der Waals surface area (Å²) in [7, 11) is -4.77. The molecule has 0 aliphatic carbocycles. The fraction of sp³-hybridized carbons (Fsp3) is 0.548. The van der Waals surface area contributed by atoms with Gasteiger partial charge in [-0.25, -0.2) is 4.57 Å². The van der Waals surface area contributed by atoms with Crippen LogP contribution in [0.5, 0.6) is 0 Å². The van der Waals surface area contributed by atoms with Crippen LogP contribution < -0.4 is 0 Å². The van der Waals surface area contributed by atoms with Gasteiger partial charge in [-0.05, 0) is 44.9 Å². The first-order valence-electron chi connectivity index (χ1n) is 14.3. The van der Waals surface area contributed by atoms with Crippen LogP contribution in [0.1, 0.15) is 90.9 Å². The van der Waals surface area contributed by atoms with Crippen LogP contribution in [0.2, 0.25) is 0 Å². The second kappa shape index (κ2) is 26.7. The Hall–Kier alpha value is -2.51. The predicted octanol–water partition coefficient (Wildman–Crippen LogP) is 7.61. The first kappa shape index (κ1) is 37.5. The van der Waals surface area contributed by atoms with Gasteiger partial charge in [0.2, 0.25) is 0 Å². The molecular weight excluding hydrogens is 531 g/mol. The molecule has 0 heterocycles. The molecule has 1 unspecified atom stereocenters. The monoisotopic (exact) mass is 580 g/mol. The number of ether oxygens (including phenoxy) is 2. The standard InChI is InChI=1S/C31H49O8P/c1-3-5-7-9-11-13-14-15-16-18-20-22-24-26-31(33)39-29(28-38-40(34,35)36)27-37-30(32)25-23-21-19-17-12-10-8-6-4-2/h5,7,9,11,13-20,29H,3-4,6,8,10,12,21-28H2,1-2H3,(H2,34,35,36)/b7-5+,11-9+,14-13+,16-15+,19-17+,20-18+. The van der Waals surface area contributed by atoms with Gasteiger partial charge in [0.15, 0.2) is 6.10 Å². The smallest absolute Gasteiger partial charge is 0.462 e. The zero-order valence-corrected chi connectivity index (χ0v) is 25.1. The lowest BCUT2D eigenvalue weighted by Gasteiger charge is -2.18. The molecule has 0 radical (unpaired) electrons. The van der Waals surface area contributed by atoms with E-state index in [1.165, 1.54) is 25.7 Å². The van der Waals surface area contributed by atoms with Crippen LogP contribution in [0.4, 0.5) is 0 Å². The number of carbonyl (C=O) groups excluding carboxylic acids is 2. The summed E-state index contributed by atoms with van der Waals surface area (Å²) >= 11 is 0. The van der Waals surface area contributed by atoms with Crippen molar-refractivity contribution >= 4 is 19.8 Å². The number of esters is 2. The fourth-order valence-electron chi connectivity index (χ4n) is 3.23. The Kier molecular flexibility index (Phi) is 25.0. The molecule has 0 spiro atoms. The van der Waals surface area contributed by atoms with Gasteiger partial charge in [-0.15, -0.1) is 0 Å². The number of phosphoric acid groups is 1. The van der Waals surface area contributed by atoms with E-state index in [1.54, 1.807) is 0 Å². The van der Waals surface area contributed by atoms with Crippen molar-refractivity contribution in [3.05, 3.63) is 72.9 Å². The van der Waals surface area contributed by atoms with Crippen molar-refractivity contribution in [2.75, 3.05) is 13.2 Å². The number of carbonyl (C=O) groups is 2. The molecule has 9 heteroatoms. The molecule has 0 saturated heterocycles. The predicted molar refractivity (Wildman–Crippen MR) is 160 cm³/mol. The Balaban J connectivity index is 4.32. The first-order chi connectivity index (χ1) is 19.3. The summed E-state index contributed by atoms with van der Waals surface area (Å²) in [6.45, 7) is 3.35. The first-order valence-corrected chi connectivity index (χ1v) is 15.8. The molecule has 0 aromatic heterocycles. The van der Waals surface area contributed by atoms with E-state index in [4.69, 9.17) is 19.3 Å². The van der Waals surface area contributed by atoms with Crippen molar-refractivity contribution in [1.82, 2.24) is 0 Å². The highest BCUT2D eigenvalue weighted by molar-refractivity contribution is 7.46. The van der Waals surface area contributed by atoms with Crippen LogP contribution in [0, 0.1) is 0 Å². The maximum atomic E-state index is 12.2. The summed E-state index contributed by atoms with van der Waals surface area (Å²) in [4.78, 5) is 42.2. The number of hydrogen-bond acceptors (Lipinski definition) is 6. The topological polar surface area (TPSA) is 119 Å². The van der Waals surface area contributed by atoms with Crippen LogP contribution >= 0.6 is 7.82 Å². The quantitative estimate of drug-likeness (QED) is 0.0394. The third-order valence-corrected chi connectivity index (χ3v) is 5.82. The van der Waals surface area contributed by atoms with E-state index in [0.717, 1.165) is 19.3 Å². The summed E-state index contributed by atoms with van der Waals surface area (Å²) in [5.41, 5.74) is 0. The highest BCUT2D eigenvalue weighted by Crippen LogP contribution is 2.35. The van der Waals surface area contributed by atoms with Crippen molar-refractivity contribution in [3.63, 3.8) is 0 Å². The van der Waals surface area contributed by atoms with Crippen LogP contribution in [0.3, 0.4) is 0 Å². The van der Waals surface area contributed by atoms with Gasteiger partial charge in [-0.2, -0.15) is 0 Å². The molecule has 0 rings (SSSR count). The maximum Gasteiger partial charge on any atom is 0.469 e. The third kappa shape index (κ3) is 28.5. The van der Waals surface area contributed by atoms with Crippen molar-refractivity contribution in [1.29, 1.82) is 0 Å². The SMILES string of the molecule is CC/C=C/C=C/C=C/C=C/C=C/CCCC(=O)OC(COC(=O)CCC/C=C/CCCCCC)COP(=O)(O)O. The van der Waals surface area contributed by atoms with E-state index in [-0.39, 0.29) is 19.4 Å². The summed E-state index contributed by atoms with van der Waals surface area (Å²) in [6.07, 6.45) is 32.3. The maximum absolute atomic E-state index is 12.2. The molecule has 0 fully saturated rings. The summed E-state index contributed by atoms with van der Waals surface area (Å²) in [5.74, 6) is -1.03. The Labute approximate surface area is 240 Å². The molecule has 0 aromatic carbocycles. The average Bonchev–Trinajstić information content (AvgIpc) is 2.91. The van der Waals surface area contributed by atoms with Gasteiger partial charge in [0.1, 0.15) is 6.61 Å². The summed E-state index contributed by atoms with van der Waals surface area (Å²) in [6, 6.07) is 0. The fourth-order valence-corrected chi connectivity index (χ4v) is 3.59. The molecule has 0 saturated carbocycles. The van der Waals surface area contributed by atoms with Crippen molar-refractivity contribution in [3.8, 4) is 0 Å². The lowest BCUT2D eigenvalue weighted by Crippen LogP contribution is -2.29. The van der Waals surface area contributed by atoms with Gasteiger partial charge in [-0.1, -0.05) is 106 Å². The lowest BCUT2D eigenvalue weighted by molar-refractivity contribution is -0.161. The Morgan fingerprint density at radius 1 is 0.675 bits per heavy atom. The molecule has 0 amide bonds. The summed E-state index contributed by atoms with van der Waals surface area (Å²) < 4.78 is 25.9. The Morgan fingerprint density at radius 2 is 1.23 bits per heavy atom. The summed E-state index contributed by atoms with van der Waals surface area (Å²) in [5, 5.41) is 0. The van der Waals surface area contributed by atoms with E-state index in [2.05, 4.69) is 36.6 Å². The van der Waals surface area contributed by atoms with E-state index in [9.17, 15) is 14.2 Å². The molecule has 1 atom stereocenters. The minimum atomic E-state index is -4.77. The molecule has 8 nitrogen and oxygen atoms in total. The molecule has 2 N–H and O–H groups in total. The lowest BCUT2D eigenvalue weighted by atomic mass is 10.1. The van der Waals surface area contributed by atoms with Crippen LogP contribution in [-0.4, -0.2) is 41.0 Å². The van der Waals surface area contributed by atoms with Gasteiger partial charge < -0.3 is 19.3 Å². The van der Waals surface area contributed by atoms with Crippen molar-refractivity contribution in [2.45, 2.75) is 97.0 Å². The van der Waals surface area contributed by atoms with Crippen molar-refractivity contribution < 1.29 is 37.9 Å². The number of rotatable bonds is 24. The Bertz CT molecular complexity index is 880. The molecule has 0 aliphatic rings. The highest BCUT2D eigenvalue weighted by atomic mass is 31.2. The van der Waals surface area contributed by atoms with E-state index in [0.29, 0.717) is 19.3 Å². The Morgan fingerprint density at radius 3 is 1.82 bits per heavy atom. The van der Waals surface area contributed by atoms with Gasteiger partial charge in [0.05, 0.1) is 6.61 Å². The average molecular weight is 581 g/mol. The van der Waals surface area contributed by atoms with Crippen LogP contribution in [0.15, 0.2) is 72.9 Å². The second-order valence-electron chi connectivity index (χ2n) is 9.11. The van der Waals surface area contributed by atoms with Crippen LogP contribution in [0.25, 0.3) is 0 Å². The minimum Gasteiger partial charge on any atom is -0.462 e. The van der Waals surface area contributed by atoms with Gasteiger partial charge >= 0.3 is 19.8 Å². The number of allylic oxidation sites excluding steroid dienone is 12. The number of hydrogen-bond donors (Lipinski definition) is 2. The largest absolute Gasteiger partial charge is 0.469 e. The second-order valence-corrected chi connectivity index (χ2v) is 10.3. The normalized spacial score (nSPS) is 13.6. The molecular formula is C31H49O8P.